The van der Waals surface area contributed by atoms with Crippen LogP contribution in [0.3, 0.4) is 0 Å². The fourth-order valence-corrected chi connectivity index (χ4v) is 3.50. The maximum absolute atomic E-state index is 14.8. The summed E-state index contributed by atoms with van der Waals surface area (Å²) in [5.41, 5.74) is 1.33. The zero-order valence-electron chi connectivity index (χ0n) is 15.6. The summed E-state index contributed by atoms with van der Waals surface area (Å²) < 4.78 is 21.2. The quantitative estimate of drug-likeness (QED) is 0.635. The minimum Gasteiger partial charge on any atom is -0.505 e. The monoisotopic (exact) mass is 403 g/mol. The first-order valence-corrected chi connectivity index (χ1v) is 9.15. The summed E-state index contributed by atoms with van der Waals surface area (Å²) in [6.07, 6.45) is 0. The van der Waals surface area contributed by atoms with E-state index in [0.29, 0.717) is 21.8 Å². The molecular formula is C21H19ClFNO4. The van der Waals surface area contributed by atoms with E-state index in [9.17, 15) is 19.1 Å². The van der Waals surface area contributed by atoms with Crippen LogP contribution in [0.15, 0.2) is 36.4 Å². The van der Waals surface area contributed by atoms with Crippen LogP contribution in [0.2, 0.25) is 5.02 Å². The Balaban J connectivity index is 2.28. The zero-order chi connectivity index (χ0) is 20.6. The molecule has 0 aliphatic heterocycles. The number of hydrogen-bond acceptors (Lipinski definition) is 4. The van der Waals surface area contributed by atoms with E-state index < -0.39 is 29.4 Å². The molecule has 0 saturated heterocycles. The number of carbonyl (C=O) groups is 2. The standard InChI is InChI=1S/C21H19ClFNO4/c1-4-28-21(27)11(2)17-12(3)24(15-9-10-16(25)19(23)18(15)17)20(26)13-5-7-14(22)8-6-13/h5-11,25H,4H2,1-3H3/t11-/m1/s1. The lowest BCUT2D eigenvalue weighted by Crippen LogP contribution is -2.16. The molecule has 0 spiro atoms. The second-order valence-corrected chi connectivity index (χ2v) is 6.85. The first-order valence-electron chi connectivity index (χ1n) is 8.77. The third-order valence-corrected chi connectivity index (χ3v) is 4.95. The Kier molecular flexibility index (Phi) is 5.42. The first-order chi connectivity index (χ1) is 13.3. The first kappa shape index (κ1) is 19.9. The van der Waals surface area contributed by atoms with Crippen molar-refractivity contribution >= 4 is 34.4 Å². The molecule has 3 rings (SSSR count). The minimum absolute atomic E-state index is 0.0281. The van der Waals surface area contributed by atoms with Crippen LogP contribution in [0.1, 0.15) is 41.4 Å². The Bertz CT molecular complexity index is 1070. The van der Waals surface area contributed by atoms with Gasteiger partial charge in [0, 0.05) is 21.7 Å². The van der Waals surface area contributed by atoms with E-state index in [1.54, 1.807) is 45.0 Å². The van der Waals surface area contributed by atoms with Gasteiger partial charge in [-0.1, -0.05) is 11.6 Å². The van der Waals surface area contributed by atoms with Crippen LogP contribution in [0.4, 0.5) is 4.39 Å². The highest BCUT2D eigenvalue weighted by atomic mass is 35.5. The number of benzene rings is 2. The molecule has 0 amide bonds. The van der Waals surface area contributed by atoms with Gasteiger partial charge in [-0.15, -0.1) is 0 Å². The van der Waals surface area contributed by atoms with Crippen molar-refractivity contribution in [1.29, 1.82) is 0 Å². The van der Waals surface area contributed by atoms with Crippen LogP contribution in [-0.4, -0.2) is 28.2 Å². The number of nitrogens with zero attached hydrogens (tertiary/aromatic N) is 1. The zero-order valence-corrected chi connectivity index (χ0v) is 16.4. The lowest BCUT2D eigenvalue weighted by Gasteiger charge is -2.12. The van der Waals surface area contributed by atoms with Crippen molar-refractivity contribution in [1.82, 2.24) is 4.57 Å². The number of fused-ring (bicyclic) bond motifs is 1. The maximum atomic E-state index is 14.8. The number of halogens is 2. The molecule has 1 atom stereocenters. The molecule has 5 nitrogen and oxygen atoms in total. The van der Waals surface area contributed by atoms with Crippen molar-refractivity contribution < 1.29 is 23.8 Å². The largest absolute Gasteiger partial charge is 0.505 e. The van der Waals surface area contributed by atoms with Gasteiger partial charge >= 0.3 is 5.97 Å². The van der Waals surface area contributed by atoms with Gasteiger partial charge in [0.15, 0.2) is 11.6 Å². The predicted molar refractivity (Wildman–Crippen MR) is 105 cm³/mol. The van der Waals surface area contributed by atoms with E-state index >= 15 is 0 Å². The maximum Gasteiger partial charge on any atom is 0.313 e. The SMILES string of the molecule is CCOC(=O)[C@H](C)c1c(C)n(C(=O)c2ccc(Cl)cc2)c2ccc(O)c(F)c12. The molecule has 0 radical (unpaired) electrons. The van der Waals surface area contributed by atoms with E-state index in [1.807, 2.05) is 0 Å². The highest BCUT2D eigenvalue weighted by Gasteiger charge is 2.30. The Labute approximate surface area is 166 Å². The van der Waals surface area contributed by atoms with Gasteiger partial charge in [-0.05, 0) is 62.7 Å². The van der Waals surface area contributed by atoms with E-state index in [-0.39, 0.29) is 17.5 Å². The number of carbonyl (C=O) groups excluding carboxylic acids is 2. The molecule has 0 bridgehead atoms. The van der Waals surface area contributed by atoms with E-state index in [0.717, 1.165) is 0 Å². The number of aromatic hydroxyl groups is 1. The molecule has 1 heterocycles. The molecule has 1 aromatic heterocycles. The van der Waals surface area contributed by atoms with Crippen molar-refractivity contribution in [3.05, 3.63) is 64.1 Å². The van der Waals surface area contributed by atoms with Gasteiger partial charge in [0.25, 0.3) is 5.91 Å². The molecule has 0 saturated carbocycles. The number of rotatable bonds is 4. The molecule has 0 unspecified atom stereocenters. The van der Waals surface area contributed by atoms with E-state index in [4.69, 9.17) is 16.3 Å². The molecular weight excluding hydrogens is 385 g/mol. The van der Waals surface area contributed by atoms with Crippen LogP contribution < -0.4 is 0 Å². The average molecular weight is 404 g/mol. The lowest BCUT2D eigenvalue weighted by molar-refractivity contribution is -0.144. The van der Waals surface area contributed by atoms with Gasteiger partial charge in [-0.2, -0.15) is 0 Å². The summed E-state index contributed by atoms with van der Waals surface area (Å²) >= 11 is 5.89. The van der Waals surface area contributed by atoms with Gasteiger partial charge in [-0.25, -0.2) is 4.39 Å². The van der Waals surface area contributed by atoms with Crippen LogP contribution in [0, 0.1) is 12.7 Å². The smallest absolute Gasteiger partial charge is 0.313 e. The normalized spacial score (nSPS) is 12.2. The Morgan fingerprint density at radius 3 is 2.46 bits per heavy atom. The van der Waals surface area contributed by atoms with Gasteiger partial charge in [-0.3, -0.25) is 14.2 Å². The predicted octanol–water partition coefficient (Wildman–Crippen LogP) is 4.80. The second-order valence-electron chi connectivity index (χ2n) is 6.41. The molecule has 146 valence electrons. The topological polar surface area (TPSA) is 68.5 Å². The highest BCUT2D eigenvalue weighted by Crippen LogP contribution is 2.37. The van der Waals surface area contributed by atoms with Crippen LogP contribution in [-0.2, 0) is 9.53 Å². The van der Waals surface area contributed by atoms with Crippen molar-refractivity contribution in [2.24, 2.45) is 0 Å². The molecule has 0 aliphatic rings. The van der Waals surface area contributed by atoms with E-state index in [1.165, 1.54) is 16.7 Å². The second kappa shape index (κ2) is 7.64. The minimum atomic E-state index is -0.880. The number of ether oxygens (including phenoxy) is 1. The summed E-state index contributed by atoms with van der Waals surface area (Å²) in [6, 6.07) is 8.95. The van der Waals surface area contributed by atoms with Crippen LogP contribution in [0.5, 0.6) is 5.75 Å². The van der Waals surface area contributed by atoms with Crippen molar-refractivity contribution in [2.75, 3.05) is 6.61 Å². The molecule has 0 fully saturated rings. The Morgan fingerprint density at radius 2 is 1.86 bits per heavy atom. The molecule has 3 aromatic rings. The molecule has 28 heavy (non-hydrogen) atoms. The van der Waals surface area contributed by atoms with E-state index in [2.05, 4.69) is 0 Å². The number of hydrogen-bond donors (Lipinski definition) is 1. The fraction of sp³-hybridized carbons (Fsp3) is 0.238. The summed E-state index contributed by atoms with van der Waals surface area (Å²) in [7, 11) is 0. The average Bonchev–Trinajstić information content (AvgIpc) is 2.97. The van der Waals surface area contributed by atoms with Gasteiger partial charge < -0.3 is 9.84 Å². The molecule has 0 aliphatic carbocycles. The van der Waals surface area contributed by atoms with Crippen molar-refractivity contribution in [3.63, 3.8) is 0 Å². The van der Waals surface area contributed by atoms with Crippen molar-refractivity contribution in [2.45, 2.75) is 26.7 Å². The number of esters is 1. The third-order valence-electron chi connectivity index (χ3n) is 4.70. The lowest BCUT2D eigenvalue weighted by atomic mass is 9.97. The third kappa shape index (κ3) is 3.24. The highest BCUT2D eigenvalue weighted by molar-refractivity contribution is 6.30. The Hall–Kier alpha value is -2.86. The summed E-state index contributed by atoms with van der Waals surface area (Å²) in [6.45, 7) is 5.07. The molecule has 7 heteroatoms. The van der Waals surface area contributed by atoms with Gasteiger partial charge in [0.1, 0.15) is 0 Å². The number of phenolic OH excluding ortho intramolecular Hbond substituents is 1. The molecule has 1 N–H and O–H groups in total. The summed E-state index contributed by atoms with van der Waals surface area (Å²) in [4.78, 5) is 25.4. The van der Waals surface area contributed by atoms with Gasteiger partial charge in [0.05, 0.1) is 18.0 Å². The van der Waals surface area contributed by atoms with Crippen LogP contribution >= 0.6 is 11.6 Å². The number of phenols is 1. The van der Waals surface area contributed by atoms with Crippen LogP contribution in [0.25, 0.3) is 10.9 Å². The summed E-state index contributed by atoms with van der Waals surface area (Å²) in [5.74, 6) is -3.19. The Morgan fingerprint density at radius 1 is 1.21 bits per heavy atom. The summed E-state index contributed by atoms with van der Waals surface area (Å²) in [5, 5.41) is 10.4. The molecule has 2 aromatic carbocycles. The van der Waals surface area contributed by atoms with Crippen molar-refractivity contribution in [3.8, 4) is 5.75 Å². The van der Waals surface area contributed by atoms with Gasteiger partial charge in [0.2, 0.25) is 0 Å². The number of aromatic nitrogens is 1. The fourth-order valence-electron chi connectivity index (χ4n) is 3.38.